The number of hydrogen-bond donors (Lipinski definition) is 2. The first-order chi connectivity index (χ1) is 13.9. The molecule has 10 heteroatoms. The second kappa shape index (κ2) is 7.59. The lowest BCUT2D eigenvalue weighted by Crippen LogP contribution is -2.56. The van der Waals surface area contributed by atoms with E-state index in [1.165, 1.54) is 11.0 Å². The summed E-state index contributed by atoms with van der Waals surface area (Å²) in [5.41, 5.74) is 1.19. The third-order valence-electron chi connectivity index (χ3n) is 4.79. The van der Waals surface area contributed by atoms with Crippen LogP contribution >= 0.6 is 11.6 Å². The lowest BCUT2D eigenvalue weighted by atomic mass is 10.2. The van der Waals surface area contributed by atoms with Crippen LogP contribution in [-0.4, -0.2) is 52.4 Å². The van der Waals surface area contributed by atoms with E-state index in [1.54, 1.807) is 24.4 Å². The molecule has 1 saturated heterocycles. The van der Waals surface area contributed by atoms with Gasteiger partial charge in [-0.15, -0.1) is 0 Å². The predicted octanol–water partition coefficient (Wildman–Crippen LogP) is 1.85. The van der Waals surface area contributed by atoms with Crippen molar-refractivity contribution < 1.29 is 14.0 Å². The highest BCUT2D eigenvalue weighted by molar-refractivity contribution is 6.39. The zero-order valence-electron chi connectivity index (χ0n) is 15.5. The standard InChI is InChI=1S/C19H18ClN5O4/c1-11-10-24(6-7-25(11)16-5-2-12(20)9-21-16)18(27)17(26)22-13-3-4-14-15(8-13)29-19(28)23-14/h2-5,8-9,11H,6-7,10H2,1H3,(H,22,26)(H,23,28)/t11-/m0/s1. The lowest BCUT2D eigenvalue weighted by Gasteiger charge is -2.40. The molecule has 1 aliphatic rings. The molecular weight excluding hydrogens is 398 g/mol. The van der Waals surface area contributed by atoms with E-state index in [1.807, 2.05) is 13.0 Å². The number of benzene rings is 1. The van der Waals surface area contributed by atoms with Gasteiger partial charge in [0.25, 0.3) is 0 Å². The summed E-state index contributed by atoms with van der Waals surface area (Å²) < 4.78 is 4.96. The highest BCUT2D eigenvalue weighted by Gasteiger charge is 2.30. The molecule has 4 rings (SSSR count). The summed E-state index contributed by atoms with van der Waals surface area (Å²) in [4.78, 5) is 46.6. The van der Waals surface area contributed by atoms with Crippen LogP contribution in [0.1, 0.15) is 6.92 Å². The number of carbonyl (C=O) groups excluding carboxylic acids is 2. The van der Waals surface area contributed by atoms with Gasteiger partial charge < -0.3 is 19.5 Å². The van der Waals surface area contributed by atoms with Crippen molar-refractivity contribution in [2.45, 2.75) is 13.0 Å². The average Bonchev–Trinajstić information content (AvgIpc) is 3.07. The van der Waals surface area contributed by atoms with E-state index in [-0.39, 0.29) is 6.04 Å². The van der Waals surface area contributed by atoms with Crippen molar-refractivity contribution in [1.82, 2.24) is 14.9 Å². The van der Waals surface area contributed by atoms with E-state index in [0.29, 0.717) is 41.4 Å². The lowest BCUT2D eigenvalue weighted by molar-refractivity contribution is -0.143. The second-order valence-electron chi connectivity index (χ2n) is 6.81. The number of nitrogens with zero attached hydrogens (tertiary/aromatic N) is 3. The third-order valence-corrected chi connectivity index (χ3v) is 5.02. The minimum atomic E-state index is -0.743. The molecule has 150 valence electrons. The van der Waals surface area contributed by atoms with Crippen molar-refractivity contribution in [3.8, 4) is 0 Å². The Bertz CT molecular complexity index is 1120. The summed E-state index contributed by atoms with van der Waals surface area (Å²) in [6.07, 6.45) is 1.58. The van der Waals surface area contributed by atoms with E-state index in [0.717, 1.165) is 5.82 Å². The highest BCUT2D eigenvalue weighted by Crippen LogP contribution is 2.21. The van der Waals surface area contributed by atoms with Gasteiger partial charge >= 0.3 is 17.6 Å². The fourth-order valence-electron chi connectivity index (χ4n) is 3.37. The van der Waals surface area contributed by atoms with Crippen LogP contribution in [0, 0.1) is 0 Å². The fraction of sp³-hybridized carbons (Fsp3) is 0.263. The maximum Gasteiger partial charge on any atom is 0.417 e. The van der Waals surface area contributed by atoms with Crippen molar-refractivity contribution >= 4 is 46.0 Å². The molecule has 1 fully saturated rings. The quantitative estimate of drug-likeness (QED) is 0.618. The summed E-state index contributed by atoms with van der Waals surface area (Å²) >= 11 is 5.88. The number of nitrogens with one attached hydrogen (secondary N) is 2. The molecule has 0 unspecified atom stereocenters. The smallest absolute Gasteiger partial charge is 0.408 e. The largest absolute Gasteiger partial charge is 0.417 e. The molecule has 0 spiro atoms. The highest BCUT2D eigenvalue weighted by atomic mass is 35.5. The van der Waals surface area contributed by atoms with Gasteiger partial charge in [-0.2, -0.15) is 0 Å². The van der Waals surface area contributed by atoms with Gasteiger partial charge in [0.05, 0.1) is 10.5 Å². The number of carbonyl (C=O) groups is 2. The molecule has 3 heterocycles. The number of halogens is 1. The van der Waals surface area contributed by atoms with E-state index in [2.05, 4.69) is 20.2 Å². The summed E-state index contributed by atoms with van der Waals surface area (Å²) in [6, 6.07) is 8.26. The Kier molecular flexibility index (Phi) is 4.98. The van der Waals surface area contributed by atoms with Gasteiger partial charge in [0.15, 0.2) is 5.58 Å². The predicted molar refractivity (Wildman–Crippen MR) is 108 cm³/mol. The number of aromatic nitrogens is 2. The number of anilines is 2. The van der Waals surface area contributed by atoms with Gasteiger partial charge in [-0.25, -0.2) is 9.78 Å². The van der Waals surface area contributed by atoms with Crippen LogP contribution in [0.25, 0.3) is 11.1 Å². The Morgan fingerprint density at radius 3 is 2.83 bits per heavy atom. The number of fused-ring (bicyclic) bond motifs is 1. The normalized spacial score (nSPS) is 16.8. The van der Waals surface area contributed by atoms with Crippen LogP contribution in [0.5, 0.6) is 0 Å². The Labute approximate surface area is 170 Å². The van der Waals surface area contributed by atoms with Crippen LogP contribution in [-0.2, 0) is 9.59 Å². The van der Waals surface area contributed by atoms with Crippen LogP contribution in [0.4, 0.5) is 11.5 Å². The monoisotopic (exact) mass is 415 g/mol. The van der Waals surface area contributed by atoms with Crippen molar-refractivity contribution in [2.75, 3.05) is 29.9 Å². The van der Waals surface area contributed by atoms with Crippen LogP contribution < -0.4 is 16.0 Å². The number of pyridine rings is 1. The van der Waals surface area contributed by atoms with E-state index in [4.69, 9.17) is 16.0 Å². The molecule has 0 saturated carbocycles. The zero-order valence-corrected chi connectivity index (χ0v) is 16.3. The topological polar surface area (TPSA) is 112 Å². The summed E-state index contributed by atoms with van der Waals surface area (Å²) in [5, 5.41) is 3.12. The van der Waals surface area contributed by atoms with E-state index in [9.17, 15) is 14.4 Å². The van der Waals surface area contributed by atoms with Crippen molar-refractivity contribution in [3.05, 3.63) is 52.1 Å². The van der Waals surface area contributed by atoms with Gasteiger partial charge in [0, 0.05) is 43.6 Å². The number of rotatable bonds is 2. The maximum absolute atomic E-state index is 12.6. The fourth-order valence-corrected chi connectivity index (χ4v) is 3.48. The molecule has 9 nitrogen and oxygen atoms in total. The van der Waals surface area contributed by atoms with Gasteiger partial charge in [0.1, 0.15) is 5.82 Å². The molecule has 0 aliphatic carbocycles. The number of hydrogen-bond acceptors (Lipinski definition) is 6. The molecule has 0 bridgehead atoms. The molecule has 3 aromatic rings. The van der Waals surface area contributed by atoms with E-state index < -0.39 is 17.6 Å². The number of piperazine rings is 1. The van der Waals surface area contributed by atoms with Crippen LogP contribution in [0.2, 0.25) is 5.02 Å². The molecule has 1 aromatic carbocycles. The van der Waals surface area contributed by atoms with Crippen molar-refractivity contribution in [1.29, 1.82) is 0 Å². The Balaban J connectivity index is 1.40. The second-order valence-corrected chi connectivity index (χ2v) is 7.24. The summed E-state index contributed by atoms with van der Waals surface area (Å²) in [5.74, 6) is -1.16. The first kappa shape index (κ1) is 19.0. The first-order valence-corrected chi connectivity index (χ1v) is 9.40. The zero-order chi connectivity index (χ0) is 20.5. The molecule has 1 aliphatic heterocycles. The van der Waals surface area contributed by atoms with Gasteiger partial charge in [-0.3, -0.25) is 14.6 Å². The van der Waals surface area contributed by atoms with Crippen LogP contribution in [0.15, 0.2) is 45.7 Å². The third kappa shape index (κ3) is 3.95. The molecule has 2 amide bonds. The molecular formula is C19H18ClN5O4. The summed E-state index contributed by atoms with van der Waals surface area (Å²) in [7, 11) is 0. The van der Waals surface area contributed by atoms with E-state index >= 15 is 0 Å². The Morgan fingerprint density at radius 2 is 2.10 bits per heavy atom. The van der Waals surface area contributed by atoms with Crippen molar-refractivity contribution in [2.24, 2.45) is 0 Å². The van der Waals surface area contributed by atoms with Gasteiger partial charge in [-0.1, -0.05) is 11.6 Å². The molecule has 2 N–H and O–H groups in total. The minimum absolute atomic E-state index is 0.0142. The van der Waals surface area contributed by atoms with Crippen molar-refractivity contribution in [3.63, 3.8) is 0 Å². The number of oxazole rings is 1. The first-order valence-electron chi connectivity index (χ1n) is 9.02. The van der Waals surface area contributed by atoms with Crippen LogP contribution in [0.3, 0.4) is 0 Å². The number of H-pyrrole nitrogens is 1. The van der Waals surface area contributed by atoms with Gasteiger partial charge in [0.2, 0.25) is 0 Å². The number of aromatic amines is 1. The number of amides is 2. The maximum atomic E-state index is 12.6. The SMILES string of the molecule is C[C@H]1CN(C(=O)C(=O)Nc2ccc3[nH]c(=O)oc3c2)CCN1c1ccc(Cl)cn1. The molecule has 2 aromatic heterocycles. The molecule has 0 radical (unpaired) electrons. The molecule has 29 heavy (non-hydrogen) atoms. The minimum Gasteiger partial charge on any atom is -0.408 e. The molecule has 1 atom stereocenters. The Morgan fingerprint density at radius 1 is 1.28 bits per heavy atom. The van der Waals surface area contributed by atoms with Gasteiger partial charge in [-0.05, 0) is 31.2 Å². The average molecular weight is 416 g/mol. The Hall–Kier alpha value is -3.33. The summed E-state index contributed by atoms with van der Waals surface area (Å²) in [6.45, 7) is 3.31.